The van der Waals surface area contributed by atoms with Crippen LogP contribution in [0.4, 0.5) is 11.6 Å². The molecule has 5 rings (SSSR count). The van der Waals surface area contributed by atoms with Crippen molar-refractivity contribution in [3.05, 3.63) is 85.0 Å². The maximum Gasteiger partial charge on any atom is 0.332 e. The molecule has 7 nitrogen and oxygen atoms in total. The van der Waals surface area contributed by atoms with Gasteiger partial charge in [0.15, 0.2) is 11.2 Å². The zero-order valence-electron chi connectivity index (χ0n) is 19.2. The lowest BCUT2D eigenvalue weighted by Crippen LogP contribution is -2.40. The fourth-order valence-corrected chi connectivity index (χ4v) is 4.65. The Morgan fingerprint density at radius 1 is 1.03 bits per heavy atom. The molecule has 2 aromatic carbocycles. The van der Waals surface area contributed by atoms with Crippen molar-refractivity contribution in [1.29, 1.82) is 0 Å². The summed E-state index contributed by atoms with van der Waals surface area (Å²) < 4.78 is 4.72. The lowest BCUT2D eigenvalue weighted by molar-refractivity contribution is 0.458. The molecule has 1 atom stereocenters. The number of aryl methyl sites for hydroxylation is 3. The van der Waals surface area contributed by atoms with Crippen LogP contribution in [-0.2, 0) is 20.1 Å². The smallest absolute Gasteiger partial charge is 0.312 e. The first-order chi connectivity index (χ1) is 15.7. The summed E-state index contributed by atoms with van der Waals surface area (Å²) in [6.07, 6.45) is 0. The largest absolute Gasteiger partial charge is 0.332 e. The van der Waals surface area contributed by atoms with Gasteiger partial charge in [-0.15, -0.1) is 0 Å². The minimum absolute atomic E-state index is 0.176. The Kier molecular flexibility index (Phi) is 5.16. The van der Waals surface area contributed by atoms with Crippen LogP contribution in [0.3, 0.4) is 0 Å². The van der Waals surface area contributed by atoms with E-state index in [-0.39, 0.29) is 17.8 Å². The van der Waals surface area contributed by atoms with Gasteiger partial charge in [-0.05, 0) is 60.7 Å². The highest BCUT2D eigenvalue weighted by Gasteiger charge is 2.30. The lowest BCUT2D eigenvalue weighted by atomic mass is 10.1. The molecule has 0 saturated heterocycles. The number of fused-ring (bicyclic) bond motifs is 3. The van der Waals surface area contributed by atoms with Gasteiger partial charge in [0, 0.05) is 30.8 Å². The molecule has 4 aromatic rings. The zero-order valence-corrected chi connectivity index (χ0v) is 19.9. The predicted molar refractivity (Wildman–Crippen MR) is 132 cm³/mol. The molecule has 2 aromatic heterocycles. The number of halogens is 1. The lowest BCUT2D eigenvalue weighted by Gasteiger charge is -2.33. The highest BCUT2D eigenvalue weighted by atomic mass is 35.5. The van der Waals surface area contributed by atoms with Gasteiger partial charge in [-0.25, -0.2) is 4.79 Å². The highest BCUT2D eigenvalue weighted by Crippen LogP contribution is 2.33. The van der Waals surface area contributed by atoms with Crippen LogP contribution in [0.2, 0.25) is 5.02 Å². The number of rotatable bonds is 3. The average Bonchev–Trinajstić information content (AvgIpc) is 3.17. The van der Waals surface area contributed by atoms with Crippen molar-refractivity contribution >= 4 is 34.4 Å². The molecule has 0 bridgehead atoms. The molecular weight excluding hydrogens is 438 g/mol. The Hall–Kier alpha value is -3.32. The summed E-state index contributed by atoms with van der Waals surface area (Å²) in [6, 6.07) is 13.5. The van der Waals surface area contributed by atoms with E-state index in [1.807, 2.05) is 16.7 Å². The van der Waals surface area contributed by atoms with E-state index in [4.69, 9.17) is 16.6 Å². The Morgan fingerprint density at radius 3 is 2.45 bits per heavy atom. The van der Waals surface area contributed by atoms with Crippen LogP contribution in [0.1, 0.15) is 23.6 Å². The van der Waals surface area contributed by atoms with Gasteiger partial charge in [0.25, 0.3) is 5.56 Å². The van der Waals surface area contributed by atoms with Crippen LogP contribution >= 0.6 is 11.6 Å². The average molecular weight is 464 g/mol. The van der Waals surface area contributed by atoms with E-state index in [0.29, 0.717) is 34.6 Å². The molecule has 0 aliphatic carbocycles. The van der Waals surface area contributed by atoms with E-state index in [1.54, 1.807) is 19.2 Å². The van der Waals surface area contributed by atoms with Crippen molar-refractivity contribution in [3.63, 3.8) is 0 Å². The second-order valence-corrected chi connectivity index (χ2v) is 9.47. The minimum Gasteiger partial charge on any atom is -0.312 e. The number of imidazole rings is 1. The number of nitrogens with zero attached hydrogens (tertiary/aromatic N) is 5. The molecule has 33 heavy (non-hydrogen) atoms. The zero-order chi connectivity index (χ0) is 23.4. The summed E-state index contributed by atoms with van der Waals surface area (Å²) in [5.74, 6) is 1.00. The molecule has 0 saturated carbocycles. The standard InChI is InChI=1S/C25H26ClN5O2/c1-15-12-29(20-10-5-16(2)17(3)11-20)24-27-22-21(30(24)13-15)23(32)31(25(33)28(22)4)14-18-6-8-19(26)9-7-18/h5-11,15H,12-14H2,1-4H3. The van der Waals surface area contributed by atoms with Gasteiger partial charge in [0.05, 0.1) is 6.54 Å². The Balaban J connectivity index is 1.71. The van der Waals surface area contributed by atoms with Crippen molar-refractivity contribution in [2.75, 3.05) is 11.4 Å². The monoisotopic (exact) mass is 463 g/mol. The van der Waals surface area contributed by atoms with Crippen molar-refractivity contribution in [2.45, 2.75) is 33.9 Å². The molecule has 0 fully saturated rings. The molecule has 0 spiro atoms. The molecule has 170 valence electrons. The third kappa shape index (κ3) is 3.56. The fourth-order valence-electron chi connectivity index (χ4n) is 4.53. The van der Waals surface area contributed by atoms with Crippen molar-refractivity contribution in [1.82, 2.24) is 18.7 Å². The second kappa shape index (κ2) is 7.92. The normalized spacial score (nSPS) is 15.8. The van der Waals surface area contributed by atoms with Crippen LogP contribution < -0.4 is 16.1 Å². The first kappa shape index (κ1) is 21.5. The Labute approximate surface area is 196 Å². The molecule has 1 aliphatic rings. The minimum atomic E-state index is -0.385. The van der Waals surface area contributed by atoms with Crippen molar-refractivity contribution in [3.8, 4) is 0 Å². The van der Waals surface area contributed by atoms with Gasteiger partial charge in [-0.1, -0.05) is 36.7 Å². The van der Waals surface area contributed by atoms with E-state index in [1.165, 1.54) is 20.3 Å². The molecule has 3 heterocycles. The second-order valence-electron chi connectivity index (χ2n) is 9.04. The SMILES string of the molecule is Cc1ccc(N2CC(C)Cn3c2nc2c3c(=O)n(Cc3ccc(Cl)cc3)c(=O)n2C)cc1C. The molecule has 0 N–H and O–H groups in total. The number of aromatic nitrogens is 4. The fraction of sp³-hybridized carbons (Fsp3) is 0.320. The van der Waals surface area contributed by atoms with Gasteiger partial charge < -0.3 is 9.47 Å². The summed E-state index contributed by atoms with van der Waals surface area (Å²) in [5, 5.41) is 0.611. The van der Waals surface area contributed by atoms with Gasteiger partial charge in [-0.3, -0.25) is 13.9 Å². The van der Waals surface area contributed by atoms with Crippen LogP contribution in [0.5, 0.6) is 0 Å². The van der Waals surface area contributed by atoms with Crippen molar-refractivity contribution < 1.29 is 0 Å². The molecule has 0 amide bonds. The predicted octanol–water partition coefficient (Wildman–Crippen LogP) is 4.00. The topological polar surface area (TPSA) is 65.1 Å². The van der Waals surface area contributed by atoms with Crippen LogP contribution in [0.25, 0.3) is 11.2 Å². The van der Waals surface area contributed by atoms with E-state index in [0.717, 1.165) is 17.8 Å². The third-order valence-electron chi connectivity index (χ3n) is 6.50. The summed E-state index contributed by atoms with van der Waals surface area (Å²) in [7, 11) is 1.67. The van der Waals surface area contributed by atoms with Gasteiger partial charge >= 0.3 is 5.69 Å². The number of anilines is 2. The maximum atomic E-state index is 13.6. The third-order valence-corrected chi connectivity index (χ3v) is 6.75. The van der Waals surface area contributed by atoms with E-state index < -0.39 is 0 Å². The Morgan fingerprint density at radius 2 is 1.76 bits per heavy atom. The molecular formula is C25H26ClN5O2. The number of hydrogen-bond acceptors (Lipinski definition) is 4. The highest BCUT2D eigenvalue weighted by molar-refractivity contribution is 6.30. The number of benzene rings is 2. The van der Waals surface area contributed by atoms with E-state index in [9.17, 15) is 9.59 Å². The first-order valence-electron chi connectivity index (χ1n) is 11.0. The molecule has 8 heteroatoms. The van der Waals surface area contributed by atoms with Crippen LogP contribution in [0.15, 0.2) is 52.1 Å². The Bertz CT molecular complexity index is 1500. The molecule has 0 radical (unpaired) electrons. The van der Waals surface area contributed by atoms with E-state index >= 15 is 0 Å². The van der Waals surface area contributed by atoms with Gasteiger partial charge in [0.2, 0.25) is 5.95 Å². The van der Waals surface area contributed by atoms with Gasteiger partial charge in [-0.2, -0.15) is 4.98 Å². The summed E-state index contributed by atoms with van der Waals surface area (Å²) in [5.41, 5.74) is 4.46. The van der Waals surface area contributed by atoms with E-state index in [2.05, 4.69) is 43.9 Å². The first-order valence-corrected chi connectivity index (χ1v) is 11.4. The van der Waals surface area contributed by atoms with Gasteiger partial charge in [0.1, 0.15) is 0 Å². The molecule has 1 aliphatic heterocycles. The molecule has 1 unspecified atom stereocenters. The quantitative estimate of drug-likeness (QED) is 0.460. The van der Waals surface area contributed by atoms with Crippen LogP contribution in [0, 0.1) is 19.8 Å². The number of hydrogen-bond donors (Lipinski definition) is 0. The summed E-state index contributed by atoms with van der Waals surface area (Å²) in [4.78, 5) is 33.7. The maximum absolute atomic E-state index is 13.6. The summed E-state index contributed by atoms with van der Waals surface area (Å²) >= 11 is 5.99. The van der Waals surface area contributed by atoms with Crippen LogP contribution in [-0.4, -0.2) is 25.2 Å². The summed E-state index contributed by atoms with van der Waals surface area (Å²) in [6.45, 7) is 7.98. The van der Waals surface area contributed by atoms with Crippen molar-refractivity contribution in [2.24, 2.45) is 13.0 Å².